The highest BCUT2D eigenvalue weighted by atomic mass is 16.6. The van der Waals surface area contributed by atoms with E-state index in [-0.39, 0.29) is 83.2 Å². The Labute approximate surface area is 711 Å². The summed E-state index contributed by atoms with van der Waals surface area (Å²) in [6, 6.07) is -4.55. The minimum Gasteiger partial charge on any atom is -0.467 e. The SMILES string of the molecule is C=CC(=O)N(C)C(C)C(=O)OC.C=CC(=O)N(C)C(C)C(=O)OC(C)C.C=CC(=O)N(C)C(C)C(=O)OCC.C=CC(=O)N(C)C(C)C(=O)OCC(C)C.C=CC(=O)N(C)C(C)C(=O)OCC(CC)CCCC.C=CC(=O)N(C)C(C)C(=O)OCCC.C=CC(=O)N(C)C(C)C(=O)OCCCC.C=CC(=O)N(C)C(C)C(=O)OCCCCCC. The van der Waals surface area contributed by atoms with Crippen LogP contribution in [-0.2, 0) is 115 Å². The Balaban J connectivity index is -0.000000198. The third-order valence-corrected chi connectivity index (χ3v) is 17.4. The molecule has 0 N–H and O–H groups in total. The summed E-state index contributed by atoms with van der Waals surface area (Å²) < 4.78 is 39.5. The van der Waals surface area contributed by atoms with Gasteiger partial charge < -0.3 is 77.1 Å². The number of nitrogens with zero attached hydrogens (tertiary/aromatic N) is 8. The zero-order chi connectivity index (χ0) is 94.5. The van der Waals surface area contributed by atoms with Gasteiger partial charge in [0.2, 0.25) is 47.3 Å². The van der Waals surface area contributed by atoms with E-state index >= 15 is 0 Å². The highest BCUT2D eigenvalue weighted by Gasteiger charge is 2.29. The third kappa shape index (κ3) is 58.9. The van der Waals surface area contributed by atoms with E-state index in [9.17, 15) is 76.7 Å². The average Bonchev–Trinajstić information content (AvgIpc) is 0.908. The summed E-state index contributed by atoms with van der Waals surface area (Å²) in [6.07, 6.45) is 20.4. The van der Waals surface area contributed by atoms with Gasteiger partial charge >= 0.3 is 47.8 Å². The van der Waals surface area contributed by atoms with Crippen LogP contribution in [0, 0.1) is 11.8 Å². The molecule has 32 nitrogen and oxygen atoms in total. The molecule has 682 valence electrons. The Morgan fingerprint density at radius 1 is 0.277 bits per heavy atom. The van der Waals surface area contributed by atoms with Crippen LogP contribution in [0.1, 0.15) is 195 Å². The first kappa shape index (κ1) is 124. The number of carbonyl (C=O) groups excluding carboxylic acids is 16. The molecule has 32 heteroatoms. The minimum absolute atomic E-state index is 0.169. The Morgan fingerprint density at radius 3 is 0.756 bits per heavy atom. The van der Waals surface area contributed by atoms with Crippen molar-refractivity contribution < 1.29 is 115 Å². The number of hydrogen-bond donors (Lipinski definition) is 0. The second-order valence-electron chi connectivity index (χ2n) is 27.4. The fraction of sp³-hybridized carbons (Fsp3) is 0.632. The zero-order valence-corrected chi connectivity index (χ0v) is 77.0. The smallest absolute Gasteiger partial charge is 0.328 e. The molecule has 0 saturated carbocycles. The molecule has 0 bridgehead atoms. The lowest BCUT2D eigenvalue weighted by atomic mass is 10.0. The maximum absolute atomic E-state index is 11.8. The molecule has 8 amide bonds. The van der Waals surface area contributed by atoms with Crippen LogP contribution in [0.3, 0.4) is 0 Å². The van der Waals surface area contributed by atoms with E-state index in [1.54, 1.807) is 111 Å². The van der Waals surface area contributed by atoms with Crippen LogP contribution >= 0.6 is 0 Å². The van der Waals surface area contributed by atoms with E-state index in [0.29, 0.717) is 51.5 Å². The van der Waals surface area contributed by atoms with Crippen LogP contribution in [-0.4, -0.2) is 292 Å². The van der Waals surface area contributed by atoms with Crippen molar-refractivity contribution in [1.29, 1.82) is 0 Å². The second-order valence-corrected chi connectivity index (χ2v) is 27.4. The van der Waals surface area contributed by atoms with Crippen molar-refractivity contribution in [3.8, 4) is 0 Å². The van der Waals surface area contributed by atoms with Gasteiger partial charge in [0.15, 0.2) is 0 Å². The Kier molecular flexibility index (Phi) is 78.1. The van der Waals surface area contributed by atoms with Gasteiger partial charge in [-0.3, -0.25) is 38.4 Å². The number of methoxy groups -OCH3 is 1. The molecule has 0 aliphatic rings. The second kappa shape index (κ2) is 74.9. The first-order chi connectivity index (χ1) is 55.5. The molecular weight excluding hydrogens is 1540 g/mol. The molecular formula is C87H150N8O24. The molecule has 0 rings (SSSR count). The topological polar surface area (TPSA) is 373 Å². The van der Waals surface area contributed by atoms with Crippen molar-refractivity contribution >= 4 is 95.0 Å². The van der Waals surface area contributed by atoms with Crippen LogP contribution in [0.15, 0.2) is 101 Å². The maximum atomic E-state index is 11.8. The molecule has 0 heterocycles. The largest absolute Gasteiger partial charge is 0.467 e. The molecule has 0 spiro atoms. The van der Waals surface area contributed by atoms with Gasteiger partial charge in [-0.05, 0) is 162 Å². The van der Waals surface area contributed by atoms with Crippen molar-refractivity contribution in [3.05, 3.63) is 101 Å². The van der Waals surface area contributed by atoms with E-state index in [4.69, 9.17) is 33.2 Å². The summed E-state index contributed by atoms with van der Waals surface area (Å²) in [7, 11) is 13.7. The first-order valence-electron chi connectivity index (χ1n) is 39.9. The lowest BCUT2D eigenvalue weighted by Gasteiger charge is -2.23. The highest BCUT2D eigenvalue weighted by Crippen LogP contribution is 2.15. The van der Waals surface area contributed by atoms with Gasteiger partial charge in [0, 0.05) is 56.4 Å². The van der Waals surface area contributed by atoms with Gasteiger partial charge in [-0.2, -0.15) is 0 Å². The lowest BCUT2D eigenvalue weighted by molar-refractivity contribution is -0.155. The van der Waals surface area contributed by atoms with Gasteiger partial charge in [0.1, 0.15) is 48.3 Å². The van der Waals surface area contributed by atoms with Gasteiger partial charge in [-0.1, -0.05) is 146 Å². The predicted molar refractivity (Wildman–Crippen MR) is 462 cm³/mol. The number of amides is 8. The van der Waals surface area contributed by atoms with Crippen LogP contribution in [0.4, 0.5) is 0 Å². The number of esters is 8. The summed E-state index contributed by atoms with van der Waals surface area (Å²) in [6.45, 7) is 61.7. The fourth-order valence-electron chi connectivity index (χ4n) is 7.88. The molecule has 0 fully saturated rings. The van der Waals surface area contributed by atoms with Crippen LogP contribution in [0.25, 0.3) is 0 Å². The summed E-state index contributed by atoms with van der Waals surface area (Å²) in [5.41, 5.74) is 0. The summed E-state index contributed by atoms with van der Waals surface area (Å²) in [5, 5.41) is 0. The van der Waals surface area contributed by atoms with E-state index in [1.807, 2.05) is 27.7 Å². The molecule has 0 aliphatic carbocycles. The molecule has 0 aromatic rings. The van der Waals surface area contributed by atoms with Crippen molar-refractivity contribution in [3.63, 3.8) is 0 Å². The van der Waals surface area contributed by atoms with Gasteiger partial charge in [0.25, 0.3) is 0 Å². The molecule has 9 atom stereocenters. The molecule has 0 saturated heterocycles. The predicted octanol–water partition coefficient (Wildman–Crippen LogP) is 10.2. The summed E-state index contributed by atoms with van der Waals surface area (Å²) >= 11 is 0. The van der Waals surface area contributed by atoms with Crippen molar-refractivity contribution in [1.82, 2.24) is 39.2 Å². The average molecular weight is 1690 g/mol. The number of hydrogen-bond acceptors (Lipinski definition) is 24. The van der Waals surface area contributed by atoms with Crippen LogP contribution in [0.2, 0.25) is 0 Å². The summed E-state index contributed by atoms with van der Waals surface area (Å²) in [4.78, 5) is 191. The van der Waals surface area contributed by atoms with Crippen molar-refractivity contribution in [2.24, 2.45) is 11.8 Å². The number of likely N-dealkylation sites (N-methyl/N-ethyl adjacent to an activating group) is 8. The van der Waals surface area contributed by atoms with Crippen molar-refractivity contribution in [2.45, 2.75) is 250 Å². The van der Waals surface area contributed by atoms with E-state index < -0.39 is 66.2 Å². The molecule has 0 aromatic heterocycles. The first-order valence-corrected chi connectivity index (χ1v) is 39.9. The van der Waals surface area contributed by atoms with Crippen LogP contribution < -0.4 is 0 Å². The standard InChI is InChI=1S/C15H27NO3.C13H23NO3.2C11H19NO3.2C10H17NO3.C9H15NO3.C8H13NO3/c1-6-9-10-13(7-2)11-19-15(18)12(4)16(5)14(17)8-3;1-5-7-8-9-10-17-13(16)11(3)14(4)12(15)6-2;1-6-10(13)12(5)9(4)11(14)15-7-8(2)3;1-5-7-8-15-11(14)9(3)12(4)10(13)6-2;1-6-9(12)11(5)8(4)10(13)14-7(2)3;1-5-7-14-10(13)8(3)11(4)9(12)6-2;1-5-8(11)10(4)7(3)9(12)13-6-2;1-5-7(10)9(3)6(2)8(11)12-4/h8,12-13H,3,6-7,9-11H2,1-2,4-5H3;6,11H,2,5,7-10H2,1,3-4H3;6,8-9H,1,7H2,2-5H3;6,9H,2,5,7-8H2,1,3-4H3;6-8H,1H2,2-5H3;6,8H,2,5,7H2,1,3-4H3;5,7H,1,6H2,2-4H3;5-6H,1H2,2-4H3. The Morgan fingerprint density at radius 2 is 0.521 bits per heavy atom. The van der Waals surface area contributed by atoms with Gasteiger partial charge in [-0.15, -0.1) is 0 Å². The molecule has 9 unspecified atom stereocenters. The highest BCUT2D eigenvalue weighted by molar-refractivity contribution is 5.95. The van der Waals surface area contributed by atoms with E-state index in [1.165, 1.54) is 104 Å². The number of ether oxygens (including phenoxy) is 8. The fourth-order valence-corrected chi connectivity index (χ4v) is 7.88. The quantitative estimate of drug-likeness (QED) is 0.0237. The number of carbonyl (C=O) groups is 16. The minimum atomic E-state index is -0.581. The van der Waals surface area contributed by atoms with E-state index in [0.717, 1.165) is 82.8 Å². The van der Waals surface area contributed by atoms with Crippen LogP contribution in [0.5, 0.6) is 0 Å². The van der Waals surface area contributed by atoms with Gasteiger partial charge in [0.05, 0.1) is 52.9 Å². The zero-order valence-electron chi connectivity index (χ0n) is 77.0. The maximum Gasteiger partial charge on any atom is 0.328 e. The van der Waals surface area contributed by atoms with Crippen molar-refractivity contribution in [2.75, 3.05) is 103 Å². The Hall–Kier alpha value is -10.6. The molecule has 119 heavy (non-hydrogen) atoms. The van der Waals surface area contributed by atoms with Gasteiger partial charge in [-0.25, -0.2) is 38.4 Å². The molecule has 0 radical (unpaired) electrons. The third-order valence-electron chi connectivity index (χ3n) is 17.4. The monoisotopic (exact) mass is 1690 g/mol. The Bertz CT molecular complexity index is 3140. The molecule has 0 aliphatic heterocycles. The normalized spacial score (nSPS) is 12.0. The number of rotatable bonds is 44. The van der Waals surface area contributed by atoms with E-state index in [2.05, 4.69) is 78.1 Å². The lowest BCUT2D eigenvalue weighted by Crippen LogP contribution is -2.41. The summed E-state index contributed by atoms with van der Waals surface area (Å²) in [5.74, 6) is -4.69. The molecule has 0 aromatic carbocycles. The number of unbranched alkanes of at least 4 members (excludes halogenated alkanes) is 5.